The van der Waals surface area contributed by atoms with E-state index in [2.05, 4.69) is 26.2 Å². The Morgan fingerprint density at radius 2 is 1.73 bits per heavy atom. The highest BCUT2D eigenvalue weighted by Gasteiger charge is 2.30. The SMILES string of the molecule is N#Cc1cccc(CN2CCN(c3ccc(NC(=O)C4=C(c5ccc(C(F)(F)F)cc5)CCCC4)cn3)CC2)c1. The van der Waals surface area contributed by atoms with Gasteiger partial charge in [0.15, 0.2) is 0 Å². The number of nitriles is 1. The Kier molecular flexibility index (Phi) is 8.17. The van der Waals surface area contributed by atoms with Crippen molar-refractivity contribution in [3.05, 3.63) is 94.7 Å². The molecule has 1 amide bonds. The second kappa shape index (κ2) is 11.9. The number of hydrogen-bond donors (Lipinski definition) is 1. The molecule has 6 nitrogen and oxygen atoms in total. The Morgan fingerprint density at radius 1 is 0.975 bits per heavy atom. The van der Waals surface area contributed by atoms with Crippen molar-refractivity contribution in [3.63, 3.8) is 0 Å². The molecule has 0 atom stereocenters. The van der Waals surface area contributed by atoms with Gasteiger partial charge in [0.05, 0.1) is 29.1 Å². The van der Waals surface area contributed by atoms with Crippen molar-refractivity contribution in [3.8, 4) is 6.07 Å². The van der Waals surface area contributed by atoms with Gasteiger partial charge >= 0.3 is 6.18 Å². The first-order valence-corrected chi connectivity index (χ1v) is 13.4. The summed E-state index contributed by atoms with van der Waals surface area (Å²) in [5.74, 6) is 0.602. The predicted octanol–water partition coefficient (Wildman–Crippen LogP) is 6.26. The maximum atomic E-state index is 13.2. The highest BCUT2D eigenvalue weighted by atomic mass is 19.4. The van der Waals surface area contributed by atoms with E-state index in [1.807, 2.05) is 36.4 Å². The van der Waals surface area contributed by atoms with Crippen LogP contribution >= 0.6 is 0 Å². The zero-order valence-corrected chi connectivity index (χ0v) is 22.0. The molecule has 1 aliphatic heterocycles. The first kappa shape index (κ1) is 27.4. The number of piperazine rings is 1. The standard InChI is InChI=1S/C31H30F3N5O/c32-31(33,34)25-10-8-24(9-11-25)27-6-1-2-7-28(27)30(40)37-26-12-13-29(36-20-26)39-16-14-38(15-17-39)21-23-5-3-4-22(18-23)19-35/h3-5,8-13,18,20H,1-2,6-7,14-17,21H2,(H,37,40). The third-order valence-corrected chi connectivity index (χ3v) is 7.47. The number of carbonyl (C=O) groups excluding carboxylic acids is 1. The summed E-state index contributed by atoms with van der Waals surface area (Å²) in [6.07, 6.45) is 0.244. The fourth-order valence-corrected chi connectivity index (χ4v) is 5.32. The largest absolute Gasteiger partial charge is 0.416 e. The molecule has 0 spiro atoms. The summed E-state index contributed by atoms with van der Waals surface area (Å²) in [5, 5.41) is 12.1. The number of carbonyl (C=O) groups is 1. The summed E-state index contributed by atoms with van der Waals surface area (Å²) >= 11 is 0. The lowest BCUT2D eigenvalue weighted by Crippen LogP contribution is -2.46. The molecule has 9 heteroatoms. The van der Waals surface area contributed by atoms with Crippen LogP contribution in [-0.2, 0) is 17.5 Å². The van der Waals surface area contributed by atoms with E-state index in [0.29, 0.717) is 35.2 Å². The second-order valence-electron chi connectivity index (χ2n) is 10.2. The van der Waals surface area contributed by atoms with E-state index in [4.69, 9.17) is 5.26 Å². The summed E-state index contributed by atoms with van der Waals surface area (Å²) in [6, 6.07) is 18.7. The van der Waals surface area contributed by atoms with E-state index in [1.54, 1.807) is 6.20 Å². The Bertz CT molecular complexity index is 1420. The molecule has 0 saturated carbocycles. The van der Waals surface area contributed by atoms with E-state index < -0.39 is 11.7 Å². The molecule has 0 unspecified atom stereocenters. The number of anilines is 2. The van der Waals surface area contributed by atoms with Gasteiger partial charge in [-0.05, 0) is 78.8 Å². The molecule has 3 aromatic rings. The number of benzene rings is 2. The number of rotatable bonds is 6. The second-order valence-corrected chi connectivity index (χ2v) is 10.2. The molecule has 40 heavy (non-hydrogen) atoms. The number of pyridine rings is 1. The summed E-state index contributed by atoms with van der Waals surface area (Å²) in [5.41, 5.74) is 3.75. The van der Waals surface area contributed by atoms with Crippen molar-refractivity contribution in [2.75, 3.05) is 36.4 Å². The van der Waals surface area contributed by atoms with Crippen LogP contribution in [0.15, 0.2) is 72.4 Å². The van der Waals surface area contributed by atoms with Crippen LogP contribution in [-0.4, -0.2) is 42.0 Å². The van der Waals surface area contributed by atoms with Crippen molar-refractivity contribution < 1.29 is 18.0 Å². The Labute approximate surface area is 231 Å². The van der Waals surface area contributed by atoms with Crippen LogP contribution in [0.25, 0.3) is 5.57 Å². The number of aromatic nitrogens is 1. The smallest absolute Gasteiger partial charge is 0.354 e. The van der Waals surface area contributed by atoms with E-state index in [-0.39, 0.29) is 5.91 Å². The van der Waals surface area contributed by atoms with Gasteiger partial charge in [0.2, 0.25) is 0 Å². The van der Waals surface area contributed by atoms with Gasteiger partial charge in [-0.15, -0.1) is 0 Å². The van der Waals surface area contributed by atoms with Gasteiger partial charge in [0, 0.05) is 38.3 Å². The normalized spacial score (nSPS) is 16.5. The molecule has 1 saturated heterocycles. The van der Waals surface area contributed by atoms with E-state index >= 15 is 0 Å². The molecule has 1 aromatic heterocycles. The molecule has 206 valence electrons. The van der Waals surface area contributed by atoms with E-state index in [1.165, 1.54) is 12.1 Å². The maximum absolute atomic E-state index is 13.2. The zero-order chi connectivity index (χ0) is 28.1. The fraction of sp³-hybridized carbons (Fsp3) is 0.323. The van der Waals surface area contributed by atoms with Crippen molar-refractivity contribution in [1.82, 2.24) is 9.88 Å². The third kappa shape index (κ3) is 6.52. The van der Waals surface area contributed by atoms with Crippen molar-refractivity contribution >= 4 is 23.0 Å². The van der Waals surface area contributed by atoms with Crippen LogP contribution in [0.2, 0.25) is 0 Å². The molecule has 1 N–H and O–H groups in total. The zero-order valence-electron chi connectivity index (χ0n) is 22.0. The molecular weight excluding hydrogens is 515 g/mol. The summed E-state index contributed by atoms with van der Waals surface area (Å²) in [7, 11) is 0. The van der Waals surface area contributed by atoms with E-state index in [9.17, 15) is 18.0 Å². The number of alkyl halides is 3. The third-order valence-electron chi connectivity index (χ3n) is 7.47. The minimum Gasteiger partial charge on any atom is -0.354 e. The molecule has 2 aromatic carbocycles. The van der Waals surface area contributed by atoms with E-state index in [0.717, 1.165) is 74.7 Å². The van der Waals surface area contributed by atoms with Crippen LogP contribution in [0.5, 0.6) is 0 Å². The number of halogens is 3. The number of amides is 1. The summed E-state index contributed by atoms with van der Waals surface area (Å²) in [4.78, 5) is 22.3. The van der Waals surface area contributed by atoms with Gasteiger partial charge in [-0.3, -0.25) is 9.69 Å². The number of allylic oxidation sites excluding steroid dienone is 1. The van der Waals surface area contributed by atoms with Gasteiger partial charge in [-0.1, -0.05) is 24.3 Å². The minimum atomic E-state index is -4.39. The fourth-order valence-electron chi connectivity index (χ4n) is 5.32. The van der Waals surface area contributed by atoms with Crippen LogP contribution in [0.3, 0.4) is 0 Å². The molecule has 1 aliphatic carbocycles. The average Bonchev–Trinajstić information content (AvgIpc) is 2.98. The highest BCUT2D eigenvalue weighted by Crippen LogP contribution is 2.35. The Morgan fingerprint density at radius 3 is 2.40 bits per heavy atom. The lowest BCUT2D eigenvalue weighted by Gasteiger charge is -2.35. The topological polar surface area (TPSA) is 72.3 Å². The van der Waals surface area contributed by atoms with Crippen LogP contribution in [0.4, 0.5) is 24.7 Å². The van der Waals surface area contributed by atoms with Gasteiger partial charge < -0.3 is 10.2 Å². The van der Waals surface area contributed by atoms with Crippen LogP contribution in [0, 0.1) is 11.3 Å². The predicted molar refractivity (Wildman–Crippen MR) is 148 cm³/mol. The first-order valence-electron chi connectivity index (χ1n) is 13.4. The monoisotopic (exact) mass is 545 g/mol. The van der Waals surface area contributed by atoms with Gasteiger partial charge in [0.25, 0.3) is 5.91 Å². The van der Waals surface area contributed by atoms with Gasteiger partial charge in [-0.25, -0.2) is 4.98 Å². The Hall–Kier alpha value is -4.16. The van der Waals surface area contributed by atoms with Crippen LogP contribution < -0.4 is 10.2 Å². The van der Waals surface area contributed by atoms with Gasteiger partial charge in [0.1, 0.15) is 5.82 Å². The number of nitrogens with one attached hydrogen (secondary N) is 1. The number of nitrogens with zero attached hydrogens (tertiary/aromatic N) is 4. The minimum absolute atomic E-state index is 0.238. The summed E-state index contributed by atoms with van der Waals surface area (Å²) in [6.45, 7) is 4.18. The molecule has 1 fully saturated rings. The highest BCUT2D eigenvalue weighted by molar-refractivity contribution is 6.09. The average molecular weight is 546 g/mol. The lowest BCUT2D eigenvalue weighted by atomic mass is 9.86. The van der Waals surface area contributed by atoms with Crippen molar-refractivity contribution in [1.29, 1.82) is 5.26 Å². The van der Waals surface area contributed by atoms with Gasteiger partial charge in [-0.2, -0.15) is 18.4 Å². The lowest BCUT2D eigenvalue weighted by molar-refractivity contribution is -0.137. The Balaban J connectivity index is 1.20. The maximum Gasteiger partial charge on any atom is 0.416 e. The molecule has 0 radical (unpaired) electrons. The van der Waals surface area contributed by atoms with Crippen molar-refractivity contribution in [2.24, 2.45) is 0 Å². The number of hydrogen-bond acceptors (Lipinski definition) is 5. The molecule has 2 heterocycles. The first-order chi connectivity index (χ1) is 19.3. The molecule has 5 rings (SSSR count). The molecular formula is C31H30F3N5O. The van der Waals surface area contributed by atoms with Crippen LogP contribution in [0.1, 0.15) is 47.9 Å². The van der Waals surface area contributed by atoms with Crippen molar-refractivity contribution in [2.45, 2.75) is 38.4 Å². The summed E-state index contributed by atoms with van der Waals surface area (Å²) < 4.78 is 38.9. The molecule has 2 aliphatic rings. The molecule has 0 bridgehead atoms. The quantitative estimate of drug-likeness (QED) is 0.396.